The van der Waals surface area contributed by atoms with E-state index in [4.69, 9.17) is 4.99 Å². The first-order chi connectivity index (χ1) is 11.4. The normalized spacial score (nSPS) is 23.5. The highest BCUT2D eigenvalue weighted by Gasteiger charge is 2.30. The van der Waals surface area contributed by atoms with E-state index in [1.54, 1.807) is 0 Å². The minimum atomic E-state index is 0.277. The Balaban J connectivity index is 1.56. The van der Waals surface area contributed by atoms with E-state index in [1.165, 1.54) is 11.1 Å². The smallest absolute Gasteiger partial charge is 0.0675 e. The van der Waals surface area contributed by atoms with Crippen molar-refractivity contribution >= 4 is 11.4 Å². The minimum Gasteiger partial charge on any atom is -0.344 e. The standard InChI is InChI=1S/C21H15N2/c1-2-10-20-18(7-1)19-9-5-8-17(21(19)22-20)15-11-13-23-12-4-3-6-16(23)14-15/h1-12,19H,13H2. The van der Waals surface area contributed by atoms with Crippen LogP contribution in [0.4, 0.5) is 5.69 Å². The predicted molar refractivity (Wildman–Crippen MR) is 93.3 cm³/mol. The van der Waals surface area contributed by atoms with E-state index in [1.807, 2.05) is 0 Å². The lowest BCUT2D eigenvalue weighted by Gasteiger charge is -2.27. The van der Waals surface area contributed by atoms with E-state index in [0.717, 1.165) is 29.2 Å². The SMILES string of the molecule is [C]1=C2C=CC=CN2CC=C1C1=CC=CC2C1=Nc1ccccc12. The zero-order chi connectivity index (χ0) is 15.2. The summed E-state index contributed by atoms with van der Waals surface area (Å²) in [7, 11) is 0. The third-order valence-corrected chi connectivity index (χ3v) is 4.64. The Morgan fingerprint density at radius 2 is 2.09 bits per heavy atom. The number of fused-ring (bicyclic) bond motifs is 4. The van der Waals surface area contributed by atoms with Crippen LogP contribution in [0.15, 0.2) is 94.8 Å². The van der Waals surface area contributed by atoms with E-state index in [2.05, 4.69) is 84.0 Å². The molecule has 1 radical (unpaired) electrons. The van der Waals surface area contributed by atoms with Crippen LogP contribution in [0.1, 0.15) is 11.5 Å². The maximum Gasteiger partial charge on any atom is 0.0675 e. The minimum absolute atomic E-state index is 0.277. The third kappa shape index (κ3) is 1.92. The molecule has 3 aliphatic heterocycles. The molecule has 3 heterocycles. The van der Waals surface area contributed by atoms with Gasteiger partial charge in [0.2, 0.25) is 0 Å². The van der Waals surface area contributed by atoms with Crippen LogP contribution in [0.25, 0.3) is 0 Å². The zero-order valence-electron chi connectivity index (χ0n) is 12.6. The summed E-state index contributed by atoms with van der Waals surface area (Å²) >= 11 is 0. The van der Waals surface area contributed by atoms with Gasteiger partial charge in [0, 0.05) is 36.0 Å². The Morgan fingerprint density at radius 1 is 1.13 bits per heavy atom. The Morgan fingerprint density at radius 3 is 3.09 bits per heavy atom. The molecule has 0 saturated heterocycles. The summed E-state index contributed by atoms with van der Waals surface area (Å²) in [6.45, 7) is 0.879. The number of hydrogen-bond acceptors (Lipinski definition) is 2. The van der Waals surface area contributed by atoms with Gasteiger partial charge in [-0.1, -0.05) is 48.6 Å². The first-order valence-electron chi connectivity index (χ1n) is 7.92. The van der Waals surface area contributed by atoms with Crippen molar-refractivity contribution in [3.8, 4) is 0 Å². The van der Waals surface area contributed by atoms with Gasteiger partial charge in [-0.25, -0.2) is 0 Å². The molecule has 2 heteroatoms. The maximum atomic E-state index is 4.90. The Kier molecular flexibility index (Phi) is 2.65. The van der Waals surface area contributed by atoms with E-state index in [-0.39, 0.29) is 5.92 Å². The molecule has 4 aliphatic rings. The van der Waals surface area contributed by atoms with Gasteiger partial charge in [0.25, 0.3) is 0 Å². The summed E-state index contributed by atoms with van der Waals surface area (Å²) in [6.07, 6.45) is 20.6. The molecular formula is C21H15N2. The molecule has 0 N–H and O–H groups in total. The fourth-order valence-corrected chi connectivity index (χ4v) is 3.50. The lowest BCUT2D eigenvalue weighted by atomic mass is 9.84. The lowest BCUT2D eigenvalue weighted by Crippen LogP contribution is -2.23. The molecule has 1 atom stereocenters. The van der Waals surface area contributed by atoms with Crippen LogP contribution in [-0.2, 0) is 0 Å². The Hall–Kier alpha value is -2.87. The van der Waals surface area contributed by atoms with Gasteiger partial charge in [0.15, 0.2) is 0 Å². The number of nitrogens with zero attached hydrogens (tertiary/aromatic N) is 2. The summed E-state index contributed by atoms with van der Waals surface area (Å²) in [5.41, 5.74) is 7.01. The van der Waals surface area contributed by atoms with Crippen molar-refractivity contribution in [2.45, 2.75) is 5.92 Å². The van der Waals surface area contributed by atoms with E-state index in [0.29, 0.717) is 0 Å². The average Bonchev–Trinajstić information content (AvgIpc) is 3.00. The highest BCUT2D eigenvalue weighted by Crippen LogP contribution is 2.42. The molecule has 23 heavy (non-hydrogen) atoms. The molecule has 0 amide bonds. The van der Waals surface area contributed by atoms with Crippen molar-refractivity contribution in [1.82, 2.24) is 4.90 Å². The van der Waals surface area contributed by atoms with Crippen LogP contribution in [0.5, 0.6) is 0 Å². The molecule has 5 rings (SSSR count). The number of aliphatic imine (C=N–C) groups is 1. The van der Waals surface area contributed by atoms with Crippen LogP contribution in [-0.4, -0.2) is 17.2 Å². The van der Waals surface area contributed by atoms with Gasteiger partial charge in [-0.05, 0) is 29.4 Å². The van der Waals surface area contributed by atoms with Gasteiger partial charge in [0.1, 0.15) is 0 Å². The van der Waals surface area contributed by atoms with Crippen molar-refractivity contribution in [1.29, 1.82) is 0 Å². The number of para-hydroxylation sites is 1. The molecule has 0 fully saturated rings. The molecule has 2 nitrogen and oxygen atoms in total. The summed E-state index contributed by atoms with van der Waals surface area (Å²) < 4.78 is 0. The van der Waals surface area contributed by atoms with Crippen molar-refractivity contribution in [2.75, 3.05) is 6.54 Å². The van der Waals surface area contributed by atoms with Gasteiger partial charge < -0.3 is 4.90 Å². The summed E-state index contributed by atoms with van der Waals surface area (Å²) in [6, 6.07) is 8.42. The second-order valence-corrected chi connectivity index (χ2v) is 5.98. The molecule has 0 spiro atoms. The first-order valence-corrected chi connectivity index (χ1v) is 7.92. The highest BCUT2D eigenvalue weighted by atomic mass is 15.1. The van der Waals surface area contributed by atoms with Crippen LogP contribution in [0.3, 0.4) is 0 Å². The summed E-state index contributed by atoms with van der Waals surface area (Å²) in [5.74, 6) is 0.277. The molecule has 0 bridgehead atoms. The summed E-state index contributed by atoms with van der Waals surface area (Å²) in [4.78, 5) is 7.10. The monoisotopic (exact) mass is 295 g/mol. The molecule has 0 aromatic heterocycles. The average molecular weight is 295 g/mol. The molecule has 109 valence electrons. The Bertz CT molecular complexity index is 904. The van der Waals surface area contributed by atoms with E-state index < -0.39 is 0 Å². The number of benzene rings is 1. The summed E-state index contributed by atoms with van der Waals surface area (Å²) in [5, 5.41) is 0. The fraction of sp³-hybridized carbons (Fsp3) is 0.0952. The van der Waals surface area contributed by atoms with Gasteiger partial charge >= 0.3 is 0 Å². The molecule has 1 aliphatic carbocycles. The molecule has 1 unspecified atom stereocenters. The van der Waals surface area contributed by atoms with Crippen LogP contribution < -0.4 is 0 Å². The quantitative estimate of drug-likeness (QED) is 0.751. The van der Waals surface area contributed by atoms with Crippen molar-refractivity contribution in [3.05, 3.63) is 101 Å². The van der Waals surface area contributed by atoms with Gasteiger partial charge in [-0.2, -0.15) is 0 Å². The first kappa shape index (κ1) is 12.7. The van der Waals surface area contributed by atoms with Gasteiger partial charge in [0.05, 0.1) is 11.4 Å². The maximum absolute atomic E-state index is 4.90. The largest absolute Gasteiger partial charge is 0.344 e. The second kappa shape index (κ2) is 4.82. The third-order valence-electron chi connectivity index (χ3n) is 4.64. The van der Waals surface area contributed by atoms with E-state index >= 15 is 0 Å². The topological polar surface area (TPSA) is 15.6 Å². The van der Waals surface area contributed by atoms with E-state index in [9.17, 15) is 0 Å². The molecule has 1 aromatic carbocycles. The second-order valence-electron chi connectivity index (χ2n) is 5.98. The van der Waals surface area contributed by atoms with Crippen molar-refractivity contribution in [3.63, 3.8) is 0 Å². The van der Waals surface area contributed by atoms with Crippen LogP contribution in [0, 0.1) is 6.08 Å². The number of allylic oxidation sites excluding steroid dienone is 9. The zero-order valence-corrected chi connectivity index (χ0v) is 12.6. The van der Waals surface area contributed by atoms with Crippen molar-refractivity contribution < 1.29 is 0 Å². The predicted octanol–water partition coefficient (Wildman–Crippen LogP) is 4.37. The van der Waals surface area contributed by atoms with Gasteiger partial charge in [-0.3, -0.25) is 4.99 Å². The van der Waals surface area contributed by atoms with Crippen LogP contribution in [0.2, 0.25) is 0 Å². The van der Waals surface area contributed by atoms with Crippen LogP contribution >= 0.6 is 0 Å². The fourth-order valence-electron chi connectivity index (χ4n) is 3.50. The molecular weight excluding hydrogens is 280 g/mol. The Labute approximate surface area is 135 Å². The number of rotatable bonds is 1. The van der Waals surface area contributed by atoms with Gasteiger partial charge in [-0.15, -0.1) is 0 Å². The lowest BCUT2D eigenvalue weighted by molar-refractivity contribution is 0.518. The highest BCUT2D eigenvalue weighted by molar-refractivity contribution is 6.14. The number of hydrogen-bond donors (Lipinski definition) is 0. The molecule has 1 aromatic rings. The van der Waals surface area contributed by atoms with Crippen molar-refractivity contribution in [2.24, 2.45) is 4.99 Å². The molecule has 0 saturated carbocycles.